The van der Waals surface area contributed by atoms with Gasteiger partial charge in [-0.2, -0.15) is 0 Å². The van der Waals surface area contributed by atoms with Crippen molar-refractivity contribution in [3.8, 4) is 0 Å². The number of halogens is 1. The summed E-state index contributed by atoms with van der Waals surface area (Å²) in [6.45, 7) is 0.929. The molecule has 0 spiro atoms. The van der Waals surface area contributed by atoms with Crippen molar-refractivity contribution in [1.29, 1.82) is 0 Å². The summed E-state index contributed by atoms with van der Waals surface area (Å²) in [6.07, 6.45) is 3.24. The van der Waals surface area contributed by atoms with E-state index in [9.17, 15) is 9.18 Å². The summed E-state index contributed by atoms with van der Waals surface area (Å²) in [5.41, 5.74) is 10.9. The van der Waals surface area contributed by atoms with E-state index in [-0.39, 0.29) is 16.9 Å². The molecule has 1 aromatic heterocycles. The molecule has 0 unspecified atom stereocenters. The second-order valence-electron chi connectivity index (χ2n) is 3.88. The zero-order valence-corrected chi connectivity index (χ0v) is 10.0. The lowest BCUT2D eigenvalue weighted by atomic mass is 10.1. The molecule has 0 aliphatic rings. The molecule has 1 amide bonds. The molecule has 5 N–H and O–H groups in total. The van der Waals surface area contributed by atoms with Crippen LogP contribution in [0.3, 0.4) is 0 Å². The normalized spacial score (nSPS) is 10.4. The number of rotatable bonds is 5. The van der Waals surface area contributed by atoms with Gasteiger partial charge >= 0.3 is 0 Å². The van der Waals surface area contributed by atoms with Crippen LogP contribution < -0.4 is 16.8 Å². The zero-order chi connectivity index (χ0) is 13.8. The molecule has 0 radical (unpaired) electrons. The monoisotopic (exact) mass is 264 g/mol. The second kappa shape index (κ2) is 5.34. The van der Waals surface area contributed by atoms with Crippen LogP contribution in [-0.2, 0) is 6.54 Å². The molecule has 0 saturated heterocycles. The van der Waals surface area contributed by atoms with Gasteiger partial charge in [-0.15, -0.1) is 5.10 Å². The van der Waals surface area contributed by atoms with E-state index < -0.39 is 11.7 Å². The summed E-state index contributed by atoms with van der Waals surface area (Å²) >= 11 is 0. The lowest BCUT2D eigenvalue weighted by Crippen LogP contribution is -2.16. The number of nitrogens with two attached hydrogens (primary N) is 2. The van der Waals surface area contributed by atoms with Gasteiger partial charge in [0.2, 0.25) is 0 Å². The Hall–Kier alpha value is -2.64. The van der Waals surface area contributed by atoms with Crippen molar-refractivity contribution in [3.63, 3.8) is 0 Å². The van der Waals surface area contributed by atoms with E-state index in [2.05, 4.69) is 15.6 Å². The highest BCUT2D eigenvalue weighted by Gasteiger charge is 2.11. The smallest absolute Gasteiger partial charge is 0.250 e. The molecule has 0 bridgehead atoms. The van der Waals surface area contributed by atoms with Crippen LogP contribution >= 0.6 is 0 Å². The average Bonchev–Trinajstić information content (AvgIpc) is 2.84. The third kappa shape index (κ3) is 2.97. The Labute approximate surface area is 108 Å². The molecule has 19 heavy (non-hydrogen) atoms. The molecular weight excluding hydrogens is 251 g/mol. The highest BCUT2D eigenvalue weighted by atomic mass is 19.1. The first-order valence-corrected chi connectivity index (χ1v) is 5.54. The molecule has 1 aromatic carbocycles. The molecule has 1 heterocycles. The number of carbonyl (C=O) groups is 1. The van der Waals surface area contributed by atoms with Crippen molar-refractivity contribution in [3.05, 3.63) is 35.9 Å². The maximum atomic E-state index is 13.6. The summed E-state index contributed by atoms with van der Waals surface area (Å²) in [6, 6.07) is 2.37. The summed E-state index contributed by atoms with van der Waals surface area (Å²) < 4.78 is 15.2. The minimum Gasteiger partial charge on any atom is -0.398 e. The van der Waals surface area contributed by atoms with Crippen molar-refractivity contribution in [1.82, 2.24) is 15.0 Å². The Morgan fingerprint density at radius 2 is 2.26 bits per heavy atom. The number of aromatic nitrogens is 3. The Bertz CT molecular complexity index is 583. The quantitative estimate of drug-likeness (QED) is 0.668. The van der Waals surface area contributed by atoms with Crippen molar-refractivity contribution in [2.75, 3.05) is 17.6 Å². The number of nitrogens with zero attached hydrogens (tertiary/aromatic N) is 3. The minimum atomic E-state index is -0.697. The summed E-state index contributed by atoms with van der Waals surface area (Å²) in [7, 11) is 0. The van der Waals surface area contributed by atoms with Gasteiger partial charge in [-0.25, -0.2) is 4.39 Å². The number of amides is 1. The van der Waals surface area contributed by atoms with E-state index in [1.54, 1.807) is 17.1 Å². The van der Waals surface area contributed by atoms with Gasteiger partial charge in [-0.3, -0.25) is 9.48 Å². The van der Waals surface area contributed by atoms with E-state index in [0.29, 0.717) is 13.1 Å². The fourth-order valence-electron chi connectivity index (χ4n) is 1.59. The van der Waals surface area contributed by atoms with Gasteiger partial charge in [0.05, 0.1) is 24.0 Å². The number of nitrogens with one attached hydrogen (secondary N) is 1. The van der Waals surface area contributed by atoms with E-state index in [1.807, 2.05) is 0 Å². The molecule has 0 atom stereocenters. The molecule has 0 fully saturated rings. The molecule has 100 valence electrons. The van der Waals surface area contributed by atoms with Crippen molar-refractivity contribution in [2.24, 2.45) is 5.73 Å². The summed E-state index contributed by atoms with van der Waals surface area (Å²) in [5, 5.41) is 10.3. The number of carbonyl (C=O) groups excluding carboxylic acids is 1. The van der Waals surface area contributed by atoms with Crippen LogP contribution in [0.5, 0.6) is 0 Å². The number of anilines is 2. The Morgan fingerprint density at radius 1 is 1.47 bits per heavy atom. The van der Waals surface area contributed by atoms with Crippen LogP contribution in [0.25, 0.3) is 0 Å². The van der Waals surface area contributed by atoms with Gasteiger partial charge in [-0.05, 0) is 12.1 Å². The van der Waals surface area contributed by atoms with E-state index in [1.165, 1.54) is 6.07 Å². The van der Waals surface area contributed by atoms with Crippen molar-refractivity contribution < 1.29 is 9.18 Å². The molecule has 2 rings (SSSR count). The Morgan fingerprint density at radius 3 is 2.89 bits per heavy atom. The number of primary amides is 1. The predicted octanol–water partition coefficient (Wildman–Crippen LogP) is 0.210. The molecule has 0 aliphatic heterocycles. The maximum absolute atomic E-state index is 13.6. The van der Waals surface area contributed by atoms with E-state index in [4.69, 9.17) is 11.5 Å². The van der Waals surface area contributed by atoms with Gasteiger partial charge in [0.15, 0.2) is 0 Å². The second-order valence-corrected chi connectivity index (χ2v) is 3.88. The number of hydrogen-bond donors (Lipinski definition) is 3. The van der Waals surface area contributed by atoms with Gasteiger partial charge in [0.1, 0.15) is 5.82 Å². The van der Waals surface area contributed by atoms with Crippen LogP contribution in [0.1, 0.15) is 10.4 Å². The summed E-state index contributed by atoms with van der Waals surface area (Å²) in [5.74, 6) is -1.24. The SMILES string of the molecule is NC(=O)c1cc(NCCn2ccnn2)c(F)cc1N. The van der Waals surface area contributed by atoms with Gasteiger partial charge in [0.25, 0.3) is 5.91 Å². The van der Waals surface area contributed by atoms with Crippen LogP contribution in [0.15, 0.2) is 24.5 Å². The lowest BCUT2D eigenvalue weighted by molar-refractivity contribution is 0.100. The first-order valence-electron chi connectivity index (χ1n) is 5.54. The molecule has 2 aromatic rings. The van der Waals surface area contributed by atoms with Gasteiger partial charge in [-0.1, -0.05) is 5.21 Å². The van der Waals surface area contributed by atoms with Crippen molar-refractivity contribution >= 4 is 17.3 Å². The Balaban J connectivity index is 2.07. The standard InChI is InChI=1S/C11H13FN6O/c12-8-6-9(13)7(11(14)19)5-10(8)15-1-3-18-4-2-16-17-18/h2,4-6,15H,1,3,13H2,(H2,14,19). The number of benzene rings is 1. The molecule has 0 aliphatic carbocycles. The third-order valence-electron chi connectivity index (χ3n) is 2.53. The zero-order valence-electron chi connectivity index (χ0n) is 10.0. The van der Waals surface area contributed by atoms with Crippen LogP contribution in [0, 0.1) is 5.82 Å². The van der Waals surface area contributed by atoms with Gasteiger partial charge < -0.3 is 16.8 Å². The minimum absolute atomic E-state index is 0.0202. The van der Waals surface area contributed by atoms with Crippen LogP contribution in [-0.4, -0.2) is 27.4 Å². The third-order valence-corrected chi connectivity index (χ3v) is 2.53. The molecule has 8 heteroatoms. The molecule has 7 nitrogen and oxygen atoms in total. The van der Waals surface area contributed by atoms with Crippen molar-refractivity contribution in [2.45, 2.75) is 6.54 Å². The highest BCUT2D eigenvalue weighted by molar-refractivity contribution is 5.99. The fourth-order valence-corrected chi connectivity index (χ4v) is 1.59. The van der Waals surface area contributed by atoms with Gasteiger partial charge in [0, 0.05) is 18.4 Å². The highest BCUT2D eigenvalue weighted by Crippen LogP contribution is 2.21. The molecule has 0 saturated carbocycles. The van der Waals surface area contributed by atoms with Crippen LogP contribution in [0.4, 0.5) is 15.8 Å². The first-order chi connectivity index (χ1) is 9.08. The predicted molar refractivity (Wildman–Crippen MR) is 67.8 cm³/mol. The maximum Gasteiger partial charge on any atom is 0.250 e. The van der Waals surface area contributed by atoms with Crippen LogP contribution in [0.2, 0.25) is 0 Å². The Kier molecular flexibility index (Phi) is 3.60. The average molecular weight is 264 g/mol. The fraction of sp³-hybridized carbons (Fsp3) is 0.182. The van der Waals surface area contributed by atoms with E-state index in [0.717, 1.165) is 6.07 Å². The topological polar surface area (TPSA) is 112 Å². The number of hydrogen-bond acceptors (Lipinski definition) is 5. The number of nitrogen functional groups attached to an aromatic ring is 1. The summed E-state index contributed by atoms with van der Waals surface area (Å²) in [4.78, 5) is 11.1. The largest absolute Gasteiger partial charge is 0.398 e. The molecular formula is C11H13FN6O. The first kappa shape index (κ1) is 12.8. The van der Waals surface area contributed by atoms with E-state index >= 15 is 0 Å². The lowest BCUT2D eigenvalue weighted by Gasteiger charge is -2.10.